The molecular weight excluding hydrogens is 361 g/mol. The van der Waals surface area contributed by atoms with Crippen molar-refractivity contribution in [3.05, 3.63) is 63.6 Å². The highest BCUT2D eigenvalue weighted by atomic mass is 35.5. The zero-order valence-corrected chi connectivity index (χ0v) is 15.2. The van der Waals surface area contributed by atoms with Gasteiger partial charge in [0.05, 0.1) is 16.3 Å². The van der Waals surface area contributed by atoms with Crippen molar-refractivity contribution < 1.29 is 9.59 Å². The Morgan fingerprint density at radius 3 is 2.36 bits per heavy atom. The zero-order chi connectivity index (χ0) is 18.4. The van der Waals surface area contributed by atoms with E-state index in [2.05, 4.69) is 29.7 Å². The highest BCUT2D eigenvalue weighted by molar-refractivity contribution is 6.43. The molecule has 2 aromatic rings. The molecule has 2 aromatic carbocycles. The molecule has 0 aliphatic rings. The van der Waals surface area contributed by atoms with E-state index in [1.807, 2.05) is 12.1 Å². The normalized spacial score (nSPS) is 10.9. The Bertz CT molecular complexity index is 802. The molecule has 2 N–H and O–H groups in total. The molecule has 7 heteroatoms. The largest absolute Gasteiger partial charge is 0.329 e. The molecule has 5 nitrogen and oxygen atoms in total. The van der Waals surface area contributed by atoms with E-state index in [4.69, 9.17) is 23.2 Å². The summed E-state index contributed by atoms with van der Waals surface area (Å²) in [6.07, 6.45) is 1.32. The topological polar surface area (TPSA) is 70.6 Å². The lowest BCUT2D eigenvalue weighted by Crippen LogP contribution is -2.32. The second kappa shape index (κ2) is 8.65. The first-order valence-electron chi connectivity index (χ1n) is 7.57. The molecule has 0 bridgehead atoms. The maximum Gasteiger partial charge on any atom is 0.329 e. The van der Waals surface area contributed by atoms with Gasteiger partial charge in [-0.05, 0) is 29.7 Å². The smallest absolute Gasteiger partial charge is 0.318 e. The average molecular weight is 378 g/mol. The van der Waals surface area contributed by atoms with Crippen molar-refractivity contribution in [2.75, 3.05) is 5.32 Å². The summed E-state index contributed by atoms with van der Waals surface area (Å²) in [5.41, 5.74) is 4.35. The Hall–Kier alpha value is -2.37. The second-order valence-corrected chi connectivity index (χ2v) is 6.36. The fourth-order valence-electron chi connectivity index (χ4n) is 1.97. The van der Waals surface area contributed by atoms with Crippen LogP contribution in [0, 0.1) is 0 Å². The first-order valence-corrected chi connectivity index (χ1v) is 8.32. The third-order valence-corrected chi connectivity index (χ3v) is 4.23. The fraction of sp³-hybridized carbons (Fsp3) is 0.167. The summed E-state index contributed by atoms with van der Waals surface area (Å²) in [5, 5.41) is 6.91. The van der Waals surface area contributed by atoms with Crippen LogP contribution in [0.3, 0.4) is 0 Å². The fourth-order valence-corrected chi connectivity index (χ4v) is 2.33. The molecule has 130 valence electrons. The van der Waals surface area contributed by atoms with Crippen LogP contribution in [0.4, 0.5) is 5.69 Å². The maximum absolute atomic E-state index is 11.9. The van der Waals surface area contributed by atoms with Crippen molar-refractivity contribution >= 4 is 46.9 Å². The van der Waals surface area contributed by atoms with Gasteiger partial charge in [0.25, 0.3) is 0 Å². The van der Waals surface area contributed by atoms with Crippen molar-refractivity contribution in [3.8, 4) is 0 Å². The molecule has 0 fully saturated rings. The number of carbonyl (C=O) groups excluding carboxylic acids is 2. The summed E-state index contributed by atoms with van der Waals surface area (Å²) >= 11 is 11.9. The van der Waals surface area contributed by atoms with Crippen LogP contribution < -0.4 is 10.7 Å². The summed E-state index contributed by atoms with van der Waals surface area (Å²) in [6, 6.07) is 12.3. The predicted octanol–water partition coefficient (Wildman–Crippen LogP) is 4.21. The van der Waals surface area contributed by atoms with E-state index in [1.165, 1.54) is 6.21 Å². The summed E-state index contributed by atoms with van der Waals surface area (Å²) < 4.78 is 0. The van der Waals surface area contributed by atoms with Crippen LogP contribution in [0.5, 0.6) is 0 Å². The SMILES string of the molecule is CC(C)c1ccc(NC(=O)C(=O)N/N=C\c2cccc(Cl)c2Cl)cc1. The van der Waals surface area contributed by atoms with E-state index >= 15 is 0 Å². The summed E-state index contributed by atoms with van der Waals surface area (Å²) in [6.45, 7) is 4.15. The quantitative estimate of drug-likeness (QED) is 0.476. The molecule has 25 heavy (non-hydrogen) atoms. The van der Waals surface area contributed by atoms with Crippen molar-refractivity contribution in [1.29, 1.82) is 0 Å². The molecule has 0 saturated heterocycles. The molecule has 0 saturated carbocycles. The van der Waals surface area contributed by atoms with Gasteiger partial charge in [0.2, 0.25) is 0 Å². The monoisotopic (exact) mass is 377 g/mol. The third-order valence-electron chi connectivity index (χ3n) is 3.39. The van der Waals surface area contributed by atoms with E-state index < -0.39 is 11.8 Å². The molecule has 2 amide bonds. The van der Waals surface area contributed by atoms with Gasteiger partial charge in [0.15, 0.2) is 0 Å². The number of benzene rings is 2. The molecule has 0 aliphatic heterocycles. The Labute approximate surface area is 156 Å². The van der Waals surface area contributed by atoms with Crippen molar-refractivity contribution in [2.45, 2.75) is 19.8 Å². The number of rotatable bonds is 4. The highest BCUT2D eigenvalue weighted by Gasteiger charge is 2.13. The number of nitrogens with one attached hydrogen (secondary N) is 2. The van der Waals surface area contributed by atoms with E-state index in [-0.39, 0.29) is 0 Å². The van der Waals surface area contributed by atoms with Gasteiger partial charge in [-0.3, -0.25) is 9.59 Å². The van der Waals surface area contributed by atoms with E-state index in [0.717, 1.165) is 5.56 Å². The predicted molar refractivity (Wildman–Crippen MR) is 101 cm³/mol. The van der Waals surface area contributed by atoms with Gasteiger partial charge in [0, 0.05) is 11.3 Å². The second-order valence-electron chi connectivity index (χ2n) is 5.57. The van der Waals surface area contributed by atoms with Gasteiger partial charge in [0.1, 0.15) is 0 Å². The van der Waals surface area contributed by atoms with Gasteiger partial charge >= 0.3 is 11.8 Å². The van der Waals surface area contributed by atoms with Gasteiger partial charge < -0.3 is 5.32 Å². The van der Waals surface area contributed by atoms with E-state index in [1.54, 1.807) is 30.3 Å². The van der Waals surface area contributed by atoms with Crippen LogP contribution >= 0.6 is 23.2 Å². The number of hydrazone groups is 1. The first kappa shape index (κ1) is 19.0. The summed E-state index contributed by atoms with van der Waals surface area (Å²) in [4.78, 5) is 23.6. The lowest BCUT2D eigenvalue weighted by molar-refractivity contribution is -0.136. The van der Waals surface area contributed by atoms with Crippen LogP contribution in [-0.4, -0.2) is 18.0 Å². The van der Waals surface area contributed by atoms with E-state index in [9.17, 15) is 9.59 Å². The molecule has 0 aliphatic carbocycles. The van der Waals surface area contributed by atoms with Crippen LogP contribution in [0.15, 0.2) is 47.6 Å². The molecule has 0 atom stereocenters. The minimum atomic E-state index is -0.887. The van der Waals surface area contributed by atoms with Crippen LogP contribution in [0.2, 0.25) is 10.0 Å². The Morgan fingerprint density at radius 1 is 1.04 bits per heavy atom. The molecule has 0 radical (unpaired) electrons. The van der Waals surface area contributed by atoms with Crippen LogP contribution in [0.1, 0.15) is 30.9 Å². The van der Waals surface area contributed by atoms with Gasteiger partial charge in [-0.15, -0.1) is 0 Å². The first-order chi connectivity index (χ1) is 11.9. The van der Waals surface area contributed by atoms with Gasteiger partial charge in [-0.1, -0.05) is 61.3 Å². The summed E-state index contributed by atoms with van der Waals surface area (Å²) in [5.74, 6) is -1.31. The highest BCUT2D eigenvalue weighted by Crippen LogP contribution is 2.24. The van der Waals surface area contributed by atoms with Gasteiger partial charge in [-0.2, -0.15) is 5.10 Å². The number of halogens is 2. The van der Waals surface area contributed by atoms with Gasteiger partial charge in [-0.25, -0.2) is 5.43 Å². The summed E-state index contributed by atoms with van der Waals surface area (Å²) in [7, 11) is 0. The standard InChI is InChI=1S/C18H17Cl2N3O2/c1-11(2)12-6-8-14(9-7-12)22-17(24)18(25)23-21-10-13-4-3-5-15(19)16(13)20/h3-11H,1-2H3,(H,22,24)(H,23,25)/b21-10-. The van der Waals surface area contributed by atoms with Crippen LogP contribution in [-0.2, 0) is 9.59 Å². The third kappa shape index (κ3) is 5.31. The lowest BCUT2D eigenvalue weighted by Gasteiger charge is -2.07. The number of nitrogens with zero attached hydrogens (tertiary/aromatic N) is 1. The number of hydrogen-bond donors (Lipinski definition) is 2. The number of amides is 2. The molecule has 0 spiro atoms. The molecular formula is C18H17Cl2N3O2. The molecule has 0 heterocycles. The Morgan fingerprint density at radius 2 is 1.72 bits per heavy atom. The van der Waals surface area contributed by atoms with Crippen LogP contribution in [0.25, 0.3) is 0 Å². The number of anilines is 1. The average Bonchev–Trinajstić information content (AvgIpc) is 2.59. The van der Waals surface area contributed by atoms with Crippen molar-refractivity contribution in [3.63, 3.8) is 0 Å². The maximum atomic E-state index is 11.9. The minimum Gasteiger partial charge on any atom is -0.318 e. The van der Waals surface area contributed by atoms with E-state index in [0.29, 0.717) is 27.2 Å². The van der Waals surface area contributed by atoms with Crippen molar-refractivity contribution in [2.24, 2.45) is 5.10 Å². The number of hydrogen-bond acceptors (Lipinski definition) is 3. The minimum absolute atomic E-state index is 0.317. The van der Waals surface area contributed by atoms with Crippen molar-refractivity contribution in [1.82, 2.24) is 5.43 Å². The molecule has 0 unspecified atom stereocenters. The zero-order valence-electron chi connectivity index (χ0n) is 13.7. The molecule has 2 rings (SSSR count). The Balaban J connectivity index is 1.93. The number of carbonyl (C=O) groups is 2. The lowest BCUT2D eigenvalue weighted by atomic mass is 10.0. The molecule has 0 aromatic heterocycles. The Kier molecular flexibility index (Phi) is 6.56.